The highest BCUT2D eigenvalue weighted by Crippen LogP contribution is 2.46. The van der Waals surface area contributed by atoms with Crippen LogP contribution in [0.4, 0.5) is 5.82 Å². The number of imidazole rings is 1. The van der Waals surface area contributed by atoms with E-state index in [1.807, 2.05) is 41.0 Å². The van der Waals surface area contributed by atoms with E-state index >= 15 is 0 Å². The zero-order chi connectivity index (χ0) is 39.7. The highest BCUT2D eigenvalue weighted by molar-refractivity contribution is 7.85. The van der Waals surface area contributed by atoms with E-state index in [0.717, 1.165) is 17.4 Å². The predicted molar refractivity (Wildman–Crippen MR) is 218 cm³/mol. The molecule has 0 saturated carbocycles. The smallest absolute Gasteiger partial charge is 0.264 e. The number of aromatic nitrogens is 4. The number of fused-ring (bicyclic) bond motifs is 1. The van der Waals surface area contributed by atoms with Gasteiger partial charge in [0.2, 0.25) is 0 Å². The molecule has 1 N–H and O–H groups in total. The lowest BCUT2D eigenvalue weighted by atomic mass is 9.91. The van der Waals surface area contributed by atoms with E-state index in [2.05, 4.69) is 97.3 Å². The second-order valence-corrected chi connectivity index (χ2v) is 28.4. The van der Waals surface area contributed by atoms with Gasteiger partial charge in [-0.2, -0.15) is 8.42 Å². The number of nitrogens with zero attached hydrogens (tertiary/aromatic N) is 4. The van der Waals surface area contributed by atoms with Gasteiger partial charge < -0.3 is 23.6 Å². The van der Waals surface area contributed by atoms with Gasteiger partial charge in [-0.05, 0) is 47.4 Å². The molecule has 4 atom stereocenters. The van der Waals surface area contributed by atoms with E-state index in [0.29, 0.717) is 30.1 Å². The Hall–Kier alpha value is -3.03. The molecule has 0 aliphatic carbocycles. The number of hydrogen-bond donors (Lipinski definition) is 1. The summed E-state index contributed by atoms with van der Waals surface area (Å²) in [6.07, 6.45) is 0.612. The number of nitrogens with one attached hydrogen (secondary N) is 1. The second-order valence-electron chi connectivity index (χ2n) is 17.2. The molecule has 296 valence electrons. The molecule has 3 heterocycles. The van der Waals surface area contributed by atoms with Crippen LogP contribution < -0.4 is 5.32 Å². The lowest BCUT2D eigenvalue weighted by Gasteiger charge is -2.44. The first-order valence-electron chi connectivity index (χ1n) is 18.5. The molecule has 2 aromatic heterocycles. The minimum Gasteiger partial charge on any atom is -0.408 e. The Morgan fingerprint density at radius 3 is 1.89 bits per heavy atom. The molecule has 1 saturated heterocycles. The van der Waals surface area contributed by atoms with Gasteiger partial charge in [-0.3, -0.25) is 8.75 Å². The molecule has 54 heavy (non-hydrogen) atoms. The van der Waals surface area contributed by atoms with Crippen LogP contribution >= 0.6 is 0 Å². The van der Waals surface area contributed by atoms with Crippen molar-refractivity contribution in [3.05, 3.63) is 83.9 Å². The summed E-state index contributed by atoms with van der Waals surface area (Å²) >= 11 is 0. The second kappa shape index (κ2) is 16.2. The number of benzene rings is 2. The summed E-state index contributed by atoms with van der Waals surface area (Å²) in [4.78, 5) is 14.5. The molecule has 0 amide bonds. The standard InChI is InChI=1S/C39H59N5O7SSi2/c1-38(2,3)53(9,10)50-33-30(24-47-7)49-37(34(33)51-54(11,12)39(4,5)6)44-26-41-32-35(42-31(43-36(32)44)25-48-52(8,45)46)40-23-29(27-19-15-13-16-20-27)28-21-17-14-18-22-28/h13-22,26,29-30,33-34,37H,23-25H2,1-12H3,(H,40,42,43)/t30-,33-,34-,37-/m1/s1. The Morgan fingerprint density at radius 2 is 1.39 bits per heavy atom. The Kier molecular flexibility index (Phi) is 12.6. The molecular weight excluding hydrogens is 739 g/mol. The van der Waals surface area contributed by atoms with Crippen LogP contribution in [-0.4, -0.2) is 89.4 Å². The third-order valence-electron chi connectivity index (χ3n) is 11.1. The maximum Gasteiger partial charge on any atom is 0.264 e. The topological polar surface area (TPSA) is 136 Å². The van der Waals surface area contributed by atoms with Crippen molar-refractivity contribution in [1.29, 1.82) is 0 Å². The van der Waals surface area contributed by atoms with Crippen molar-refractivity contribution in [3.63, 3.8) is 0 Å². The van der Waals surface area contributed by atoms with Crippen LogP contribution in [0.2, 0.25) is 36.3 Å². The average Bonchev–Trinajstić information content (AvgIpc) is 3.64. The van der Waals surface area contributed by atoms with E-state index in [9.17, 15) is 8.42 Å². The van der Waals surface area contributed by atoms with E-state index in [1.165, 1.54) is 0 Å². The summed E-state index contributed by atoms with van der Waals surface area (Å²) < 4.78 is 58.4. The lowest BCUT2D eigenvalue weighted by Crippen LogP contribution is -2.54. The first kappa shape index (κ1) is 42.1. The van der Waals surface area contributed by atoms with Gasteiger partial charge >= 0.3 is 0 Å². The van der Waals surface area contributed by atoms with Crippen LogP contribution in [0.15, 0.2) is 67.0 Å². The van der Waals surface area contributed by atoms with Crippen molar-refractivity contribution in [1.82, 2.24) is 19.5 Å². The summed E-state index contributed by atoms with van der Waals surface area (Å²) in [5.41, 5.74) is 3.22. The lowest BCUT2D eigenvalue weighted by molar-refractivity contribution is -0.0562. The third-order valence-corrected chi connectivity index (χ3v) is 20.6. The van der Waals surface area contributed by atoms with Crippen LogP contribution in [0.5, 0.6) is 0 Å². The fourth-order valence-corrected chi connectivity index (χ4v) is 8.95. The molecule has 0 radical (unpaired) electrons. The third kappa shape index (κ3) is 9.67. The van der Waals surface area contributed by atoms with Gasteiger partial charge in [0.15, 0.2) is 45.7 Å². The van der Waals surface area contributed by atoms with Gasteiger partial charge in [0.1, 0.15) is 24.9 Å². The van der Waals surface area contributed by atoms with Crippen molar-refractivity contribution >= 4 is 43.7 Å². The zero-order valence-electron chi connectivity index (χ0n) is 33.9. The van der Waals surface area contributed by atoms with Crippen molar-refractivity contribution in [2.45, 2.75) is 115 Å². The highest BCUT2D eigenvalue weighted by atomic mass is 32.2. The van der Waals surface area contributed by atoms with Crippen LogP contribution in [0.3, 0.4) is 0 Å². The summed E-state index contributed by atoms with van der Waals surface area (Å²) in [5.74, 6) is 0.611. The molecule has 2 aromatic carbocycles. The Bertz CT molecular complexity index is 1930. The Labute approximate surface area is 323 Å². The highest BCUT2D eigenvalue weighted by Gasteiger charge is 2.54. The quantitative estimate of drug-likeness (QED) is 0.0930. The van der Waals surface area contributed by atoms with E-state index in [1.54, 1.807) is 13.4 Å². The van der Waals surface area contributed by atoms with Gasteiger partial charge in [0.05, 0.1) is 19.2 Å². The van der Waals surface area contributed by atoms with Gasteiger partial charge in [0, 0.05) is 19.6 Å². The molecule has 12 nitrogen and oxygen atoms in total. The van der Waals surface area contributed by atoms with Crippen molar-refractivity contribution < 1.29 is 30.9 Å². The van der Waals surface area contributed by atoms with Crippen LogP contribution in [-0.2, 0) is 39.2 Å². The maximum absolute atomic E-state index is 12.1. The first-order chi connectivity index (χ1) is 25.1. The van der Waals surface area contributed by atoms with Crippen molar-refractivity contribution in [3.8, 4) is 0 Å². The molecule has 4 aromatic rings. The molecule has 15 heteroatoms. The van der Waals surface area contributed by atoms with Crippen molar-refractivity contribution in [2.24, 2.45) is 0 Å². The minimum absolute atomic E-state index is 0.0150. The molecule has 1 aliphatic heterocycles. The molecule has 1 fully saturated rings. The Morgan fingerprint density at radius 1 is 0.852 bits per heavy atom. The average molecular weight is 798 g/mol. The van der Waals surface area contributed by atoms with Crippen molar-refractivity contribution in [2.75, 3.05) is 31.8 Å². The summed E-state index contributed by atoms with van der Waals surface area (Å²) in [7, 11) is -6.85. The largest absolute Gasteiger partial charge is 0.408 e. The van der Waals surface area contributed by atoms with Gasteiger partial charge in [0.25, 0.3) is 10.1 Å². The Balaban J connectivity index is 1.62. The molecule has 0 unspecified atom stereocenters. The SMILES string of the molecule is COC[C@H]1O[C@@H](n2cnc3c(NCC(c4ccccc4)c4ccccc4)nc(COS(C)(=O)=O)nc32)[C@H](O[Si](C)(C)C(C)(C)C)[C@@H]1O[Si](C)(C)C(C)(C)C. The van der Waals surface area contributed by atoms with E-state index in [4.69, 9.17) is 37.5 Å². The number of hydrogen-bond acceptors (Lipinski definition) is 11. The van der Waals surface area contributed by atoms with E-state index < -0.39 is 51.3 Å². The fraction of sp³-hybridized carbons (Fsp3) is 0.564. The zero-order valence-corrected chi connectivity index (χ0v) is 36.7. The maximum atomic E-state index is 12.1. The summed E-state index contributed by atoms with van der Waals surface area (Å²) in [6.45, 7) is 22.6. The first-order valence-corrected chi connectivity index (χ1v) is 26.2. The van der Waals surface area contributed by atoms with Gasteiger partial charge in [-0.15, -0.1) is 0 Å². The number of rotatable bonds is 15. The van der Waals surface area contributed by atoms with Crippen LogP contribution in [0.1, 0.15) is 70.6 Å². The molecule has 5 rings (SSSR count). The molecule has 1 aliphatic rings. The van der Waals surface area contributed by atoms with Gasteiger partial charge in [-0.25, -0.2) is 15.0 Å². The number of ether oxygens (including phenoxy) is 2. The predicted octanol–water partition coefficient (Wildman–Crippen LogP) is 7.87. The van der Waals surface area contributed by atoms with Gasteiger partial charge in [-0.1, -0.05) is 102 Å². The van der Waals surface area contributed by atoms with E-state index in [-0.39, 0.29) is 28.4 Å². The number of anilines is 1. The number of methoxy groups -OCH3 is 1. The summed E-state index contributed by atoms with van der Waals surface area (Å²) in [6, 6.07) is 20.5. The summed E-state index contributed by atoms with van der Waals surface area (Å²) in [5, 5.41) is 3.38. The normalized spacial score (nSPS) is 20.2. The molecule has 0 spiro atoms. The molecule has 0 bridgehead atoms. The molecular formula is C39H59N5O7SSi2. The minimum atomic E-state index is -3.78. The van der Waals surface area contributed by atoms with Crippen LogP contribution in [0.25, 0.3) is 11.2 Å². The van der Waals surface area contributed by atoms with Crippen LogP contribution in [0, 0.1) is 0 Å². The fourth-order valence-electron chi connectivity index (χ4n) is 6.03. The monoisotopic (exact) mass is 797 g/mol.